The Hall–Kier alpha value is -2.44. The number of benzene rings is 1. The van der Waals surface area contributed by atoms with Crippen molar-refractivity contribution < 1.29 is 18.8 Å². The second-order valence-corrected chi connectivity index (χ2v) is 7.40. The topological polar surface area (TPSA) is 78.5 Å². The molecule has 1 aromatic carbocycles. The van der Waals surface area contributed by atoms with E-state index in [1.807, 2.05) is 0 Å². The normalized spacial score (nSPS) is 23.4. The van der Waals surface area contributed by atoms with E-state index >= 15 is 0 Å². The van der Waals surface area contributed by atoms with Crippen LogP contribution in [0, 0.1) is 11.7 Å². The lowest BCUT2D eigenvalue weighted by molar-refractivity contribution is -0.135. The maximum Gasteiger partial charge on any atom is 0.325 e. The lowest BCUT2D eigenvalue weighted by atomic mass is 9.87. The Morgan fingerprint density at radius 3 is 2.52 bits per heavy atom. The molecule has 1 aliphatic heterocycles. The fraction of sp³-hybridized carbons (Fsp3) is 0.550. The van der Waals surface area contributed by atoms with E-state index in [9.17, 15) is 18.8 Å². The van der Waals surface area contributed by atoms with Crippen molar-refractivity contribution in [1.82, 2.24) is 15.5 Å². The van der Waals surface area contributed by atoms with E-state index in [1.54, 1.807) is 6.92 Å². The van der Waals surface area contributed by atoms with E-state index in [0.717, 1.165) is 17.7 Å². The van der Waals surface area contributed by atoms with Gasteiger partial charge >= 0.3 is 6.03 Å². The number of nitrogens with one attached hydrogen (secondary N) is 2. The Balaban J connectivity index is 1.65. The summed E-state index contributed by atoms with van der Waals surface area (Å²) in [6.45, 7) is 2.05. The van der Waals surface area contributed by atoms with Gasteiger partial charge in [-0.25, -0.2) is 9.18 Å². The summed E-state index contributed by atoms with van der Waals surface area (Å²) in [6.07, 6.45) is 6.13. The molecule has 1 saturated heterocycles. The summed E-state index contributed by atoms with van der Waals surface area (Å²) in [5.41, 5.74) is -0.746. The summed E-state index contributed by atoms with van der Waals surface area (Å²) in [4.78, 5) is 38.6. The van der Waals surface area contributed by atoms with E-state index in [4.69, 9.17) is 0 Å². The summed E-state index contributed by atoms with van der Waals surface area (Å²) in [5.74, 6) is -0.759. The molecule has 1 saturated carbocycles. The molecule has 2 aliphatic rings. The Bertz CT molecular complexity index is 716. The van der Waals surface area contributed by atoms with Crippen molar-refractivity contribution in [1.29, 1.82) is 0 Å². The first-order chi connectivity index (χ1) is 13.0. The van der Waals surface area contributed by atoms with Crippen LogP contribution < -0.4 is 10.6 Å². The van der Waals surface area contributed by atoms with E-state index in [-0.39, 0.29) is 12.5 Å². The molecule has 0 spiro atoms. The smallest absolute Gasteiger partial charge is 0.325 e. The van der Waals surface area contributed by atoms with Crippen LogP contribution >= 0.6 is 0 Å². The molecule has 1 aromatic rings. The first-order valence-electron chi connectivity index (χ1n) is 9.63. The molecule has 146 valence electrons. The highest BCUT2D eigenvalue weighted by Gasteiger charge is 2.51. The lowest BCUT2D eigenvalue weighted by Crippen LogP contribution is -2.45. The molecule has 0 radical (unpaired) electrons. The van der Waals surface area contributed by atoms with Crippen LogP contribution in [0.5, 0.6) is 0 Å². The number of hydrogen-bond acceptors (Lipinski definition) is 3. The van der Waals surface area contributed by atoms with Gasteiger partial charge in [0, 0.05) is 6.54 Å². The number of carbonyl (C=O) groups excluding carboxylic acids is 3. The van der Waals surface area contributed by atoms with Crippen LogP contribution in [0.2, 0.25) is 0 Å². The zero-order valence-electron chi connectivity index (χ0n) is 15.6. The summed E-state index contributed by atoms with van der Waals surface area (Å²) >= 11 is 0. The van der Waals surface area contributed by atoms with Gasteiger partial charge in [-0.1, -0.05) is 38.3 Å². The SMILES string of the molecule is CC[C@@]1(c2ccc(F)cc2)NC(=O)N(CC(=O)NCC2CCCCC2)C1=O. The number of rotatable bonds is 6. The van der Waals surface area contributed by atoms with Gasteiger partial charge in [0.1, 0.15) is 17.9 Å². The number of urea groups is 1. The lowest BCUT2D eigenvalue weighted by Gasteiger charge is -2.26. The van der Waals surface area contributed by atoms with Crippen molar-refractivity contribution in [3.05, 3.63) is 35.6 Å². The van der Waals surface area contributed by atoms with Crippen LogP contribution in [-0.4, -0.2) is 35.8 Å². The van der Waals surface area contributed by atoms with Crippen molar-refractivity contribution in [3.63, 3.8) is 0 Å². The highest BCUT2D eigenvalue weighted by molar-refractivity contribution is 6.09. The number of halogens is 1. The van der Waals surface area contributed by atoms with Crippen molar-refractivity contribution in [2.45, 2.75) is 51.0 Å². The maximum absolute atomic E-state index is 13.2. The van der Waals surface area contributed by atoms with E-state index in [0.29, 0.717) is 24.4 Å². The number of hydrogen-bond donors (Lipinski definition) is 2. The van der Waals surface area contributed by atoms with Crippen LogP contribution in [0.3, 0.4) is 0 Å². The number of nitrogens with zero attached hydrogens (tertiary/aromatic N) is 1. The van der Waals surface area contributed by atoms with Gasteiger partial charge in [-0.05, 0) is 42.9 Å². The minimum absolute atomic E-state index is 0.305. The average molecular weight is 375 g/mol. The van der Waals surface area contributed by atoms with Crippen LogP contribution in [0.4, 0.5) is 9.18 Å². The third-order valence-corrected chi connectivity index (χ3v) is 5.66. The van der Waals surface area contributed by atoms with Crippen LogP contribution in [0.1, 0.15) is 51.0 Å². The standard InChI is InChI=1S/C20H26FN3O3/c1-2-20(15-8-10-16(21)11-9-15)18(26)24(19(27)23-20)13-17(25)22-12-14-6-4-3-5-7-14/h8-11,14H,2-7,12-13H2,1H3,(H,22,25)(H,23,27)/t20-/m0/s1. The molecule has 27 heavy (non-hydrogen) atoms. The largest absolute Gasteiger partial charge is 0.354 e. The summed E-state index contributed by atoms with van der Waals surface area (Å²) < 4.78 is 13.2. The Kier molecular flexibility index (Phi) is 5.77. The minimum Gasteiger partial charge on any atom is -0.354 e. The van der Waals surface area contributed by atoms with Gasteiger partial charge in [0.15, 0.2) is 0 Å². The fourth-order valence-electron chi connectivity index (χ4n) is 3.99. The number of imide groups is 1. The highest BCUT2D eigenvalue weighted by Crippen LogP contribution is 2.32. The summed E-state index contributed by atoms with van der Waals surface area (Å²) in [6, 6.07) is 4.89. The molecule has 1 heterocycles. The van der Waals surface area contributed by atoms with Gasteiger partial charge in [-0.15, -0.1) is 0 Å². The zero-order valence-corrected chi connectivity index (χ0v) is 15.6. The fourth-order valence-corrected chi connectivity index (χ4v) is 3.99. The third-order valence-electron chi connectivity index (χ3n) is 5.66. The second-order valence-electron chi connectivity index (χ2n) is 7.40. The molecular weight excluding hydrogens is 349 g/mol. The van der Waals surface area contributed by atoms with Crippen molar-refractivity contribution in [3.8, 4) is 0 Å². The zero-order chi connectivity index (χ0) is 19.4. The molecule has 2 N–H and O–H groups in total. The molecule has 0 aromatic heterocycles. The predicted molar refractivity (Wildman–Crippen MR) is 98.2 cm³/mol. The average Bonchev–Trinajstić information content (AvgIpc) is 2.93. The van der Waals surface area contributed by atoms with Gasteiger partial charge in [-0.3, -0.25) is 14.5 Å². The monoisotopic (exact) mass is 375 g/mol. The quantitative estimate of drug-likeness (QED) is 0.751. The van der Waals surface area contributed by atoms with Crippen molar-refractivity contribution in [2.24, 2.45) is 5.92 Å². The third kappa shape index (κ3) is 3.96. The molecule has 3 rings (SSSR count). The molecule has 1 atom stereocenters. The Labute approximate surface area is 158 Å². The molecule has 4 amide bonds. The van der Waals surface area contributed by atoms with Gasteiger partial charge in [0.05, 0.1) is 0 Å². The van der Waals surface area contributed by atoms with Crippen molar-refractivity contribution in [2.75, 3.05) is 13.1 Å². The first-order valence-corrected chi connectivity index (χ1v) is 9.63. The van der Waals surface area contributed by atoms with Crippen LogP contribution in [0.15, 0.2) is 24.3 Å². The molecule has 0 bridgehead atoms. The van der Waals surface area contributed by atoms with Gasteiger partial charge in [0.25, 0.3) is 5.91 Å². The molecule has 2 fully saturated rings. The first kappa shape index (κ1) is 19.3. The van der Waals surface area contributed by atoms with E-state index < -0.39 is 23.3 Å². The number of amides is 4. The molecule has 7 heteroatoms. The Morgan fingerprint density at radius 1 is 1.22 bits per heavy atom. The van der Waals surface area contributed by atoms with Gasteiger partial charge in [-0.2, -0.15) is 0 Å². The highest BCUT2D eigenvalue weighted by atomic mass is 19.1. The number of carbonyl (C=O) groups is 3. The second kappa shape index (κ2) is 8.06. The molecule has 0 unspecified atom stereocenters. The summed E-state index contributed by atoms with van der Waals surface area (Å²) in [7, 11) is 0. The van der Waals surface area contributed by atoms with Crippen LogP contribution in [0.25, 0.3) is 0 Å². The minimum atomic E-state index is -1.26. The van der Waals surface area contributed by atoms with E-state index in [1.165, 1.54) is 43.5 Å². The summed E-state index contributed by atoms with van der Waals surface area (Å²) in [5, 5.41) is 5.55. The molecule has 1 aliphatic carbocycles. The van der Waals surface area contributed by atoms with Crippen molar-refractivity contribution >= 4 is 17.8 Å². The predicted octanol–water partition coefficient (Wildman–Crippen LogP) is 2.68. The Morgan fingerprint density at radius 2 is 1.89 bits per heavy atom. The molecule has 6 nitrogen and oxygen atoms in total. The molecular formula is C20H26FN3O3. The van der Waals surface area contributed by atoms with Gasteiger partial charge < -0.3 is 10.6 Å². The van der Waals surface area contributed by atoms with Gasteiger partial charge in [0.2, 0.25) is 5.91 Å². The maximum atomic E-state index is 13.2. The van der Waals surface area contributed by atoms with E-state index in [2.05, 4.69) is 10.6 Å². The van der Waals surface area contributed by atoms with Crippen LogP contribution in [-0.2, 0) is 15.1 Å².